The second-order valence-corrected chi connectivity index (χ2v) is 8.49. The Bertz CT molecular complexity index is 1300. The summed E-state index contributed by atoms with van der Waals surface area (Å²) in [4.78, 5) is 31.7. The van der Waals surface area contributed by atoms with Gasteiger partial charge < -0.3 is 9.84 Å². The number of ether oxygens (including phenoxy) is 1. The second-order valence-electron chi connectivity index (χ2n) is 8.49. The number of aromatic nitrogens is 1. The lowest BCUT2D eigenvalue weighted by atomic mass is 9.91. The maximum atomic E-state index is 14.0. The van der Waals surface area contributed by atoms with Crippen molar-refractivity contribution in [1.82, 2.24) is 4.98 Å². The van der Waals surface area contributed by atoms with Gasteiger partial charge in [-0.05, 0) is 72.0 Å². The zero-order valence-corrected chi connectivity index (χ0v) is 19.4. The van der Waals surface area contributed by atoms with Crippen LogP contribution in [0.1, 0.15) is 48.1 Å². The summed E-state index contributed by atoms with van der Waals surface area (Å²) in [5, 5.41) is 11.5. The molecule has 0 aliphatic carbocycles. The van der Waals surface area contributed by atoms with Gasteiger partial charge in [0.15, 0.2) is 0 Å². The van der Waals surface area contributed by atoms with E-state index in [-0.39, 0.29) is 22.9 Å². The molecule has 0 spiro atoms. The molecule has 7 heteroatoms. The summed E-state index contributed by atoms with van der Waals surface area (Å²) in [5.74, 6) is -1.75. The van der Waals surface area contributed by atoms with Gasteiger partial charge in [0, 0.05) is 23.6 Å². The molecule has 1 aliphatic rings. The molecule has 1 unspecified atom stereocenters. The molecule has 1 saturated heterocycles. The first-order chi connectivity index (χ1) is 16.2. The SMILES string of the molecule is COc1cc(C)c(/C(O)=C2\C(=O)C(=O)N(c3cccc(F)c3)C2c2ccncc2)cc1C(C)C. The lowest BCUT2D eigenvalue weighted by molar-refractivity contribution is -0.132. The number of aliphatic hydroxyl groups is 1. The Morgan fingerprint density at radius 2 is 1.82 bits per heavy atom. The molecule has 2 aromatic carbocycles. The van der Waals surface area contributed by atoms with E-state index in [1.165, 1.54) is 35.5 Å². The topological polar surface area (TPSA) is 79.7 Å². The molecule has 6 nitrogen and oxygen atoms in total. The average Bonchev–Trinajstić information content (AvgIpc) is 3.09. The van der Waals surface area contributed by atoms with Gasteiger partial charge in [0.2, 0.25) is 0 Å². The van der Waals surface area contributed by atoms with Crippen molar-refractivity contribution in [2.45, 2.75) is 32.7 Å². The van der Waals surface area contributed by atoms with Crippen molar-refractivity contribution in [2.24, 2.45) is 0 Å². The van der Waals surface area contributed by atoms with E-state index in [0.717, 1.165) is 5.56 Å². The molecule has 174 valence electrons. The maximum absolute atomic E-state index is 14.0. The van der Waals surface area contributed by atoms with Crippen LogP contribution in [-0.2, 0) is 9.59 Å². The molecule has 0 saturated carbocycles. The quantitative estimate of drug-likeness (QED) is 0.318. The highest BCUT2D eigenvalue weighted by molar-refractivity contribution is 6.51. The van der Waals surface area contributed by atoms with Gasteiger partial charge in [-0.2, -0.15) is 0 Å². The maximum Gasteiger partial charge on any atom is 0.300 e. The lowest BCUT2D eigenvalue weighted by Gasteiger charge is -2.25. The highest BCUT2D eigenvalue weighted by Gasteiger charge is 2.47. The molecule has 1 N–H and O–H groups in total. The van der Waals surface area contributed by atoms with Crippen LogP contribution in [-0.4, -0.2) is 28.9 Å². The van der Waals surface area contributed by atoms with E-state index < -0.39 is 23.5 Å². The molecule has 34 heavy (non-hydrogen) atoms. The second kappa shape index (κ2) is 9.09. The Morgan fingerprint density at radius 1 is 1.12 bits per heavy atom. The Hall–Kier alpha value is -4.00. The van der Waals surface area contributed by atoms with E-state index in [4.69, 9.17) is 4.74 Å². The molecular formula is C27H25FN2O4. The van der Waals surface area contributed by atoms with Gasteiger partial charge in [0.1, 0.15) is 17.3 Å². The number of benzene rings is 2. The highest BCUT2D eigenvalue weighted by Crippen LogP contribution is 2.43. The van der Waals surface area contributed by atoms with Crippen molar-refractivity contribution in [1.29, 1.82) is 0 Å². The number of amides is 1. The van der Waals surface area contributed by atoms with E-state index >= 15 is 0 Å². The number of rotatable bonds is 5. The van der Waals surface area contributed by atoms with Crippen molar-refractivity contribution < 1.29 is 23.8 Å². The monoisotopic (exact) mass is 460 g/mol. The van der Waals surface area contributed by atoms with Crippen LogP contribution in [0.25, 0.3) is 5.76 Å². The van der Waals surface area contributed by atoms with Crippen LogP contribution in [0.15, 0.2) is 66.5 Å². The van der Waals surface area contributed by atoms with Crippen LogP contribution >= 0.6 is 0 Å². The zero-order valence-electron chi connectivity index (χ0n) is 19.4. The van der Waals surface area contributed by atoms with Crippen molar-refractivity contribution in [3.63, 3.8) is 0 Å². The Labute approximate surface area is 197 Å². The minimum absolute atomic E-state index is 0.0663. The molecule has 1 amide bonds. The molecule has 1 atom stereocenters. The van der Waals surface area contributed by atoms with E-state index in [1.807, 2.05) is 13.8 Å². The Morgan fingerprint density at radius 3 is 2.44 bits per heavy atom. The Kier molecular flexibility index (Phi) is 6.20. The molecule has 4 rings (SSSR count). The summed E-state index contributed by atoms with van der Waals surface area (Å²) < 4.78 is 19.5. The molecule has 1 fully saturated rings. The van der Waals surface area contributed by atoms with Gasteiger partial charge in [-0.3, -0.25) is 19.5 Å². The van der Waals surface area contributed by atoms with Gasteiger partial charge in [0.25, 0.3) is 11.7 Å². The molecule has 0 bridgehead atoms. The fourth-order valence-corrected chi connectivity index (χ4v) is 4.31. The zero-order chi connectivity index (χ0) is 24.6. The van der Waals surface area contributed by atoms with Gasteiger partial charge in [-0.15, -0.1) is 0 Å². The first-order valence-corrected chi connectivity index (χ1v) is 10.9. The van der Waals surface area contributed by atoms with Crippen molar-refractivity contribution in [3.05, 3.63) is 94.6 Å². The standard InChI is InChI=1S/C27H25FN2O4/c1-15(2)20-14-21(16(3)12-22(20)34-4)25(31)23-24(17-8-10-29-11-9-17)30(27(33)26(23)32)19-7-5-6-18(28)13-19/h5-15,24,31H,1-4H3/b25-23+. The predicted octanol–water partition coefficient (Wildman–Crippen LogP) is 5.29. The fraction of sp³-hybridized carbons (Fsp3) is 0.222. The average molecular weight is 461 g/mol. The first kappa shape index (κ1) is 23.2. The van der Waals surface area contributed by atoms with Gasteiger partial charge in [-0.25, -0.2) is 4.39 Å². The summed E-state index contributed by atoms with van der Waals surface area (Å²) in [6, 6.07) is 11.4. The largest absolute Gasteiger partial charge is 0.507 e. The fourth-order valence-electron chi connectivity index (χ4n) is 4.31. The summed E-state index contributed by atoms with van der Waals surface area (Å²) in [6.45, 7) is 5.79. The van der Waals surface area contributed by atoms with E-state index in [9.17, 15) is 19.1 Å². The van der Waals surface area contributed by atoms with Crippen LogP contribution in [0, 0.1) is 12.7 Å². The number of methoxy groups -OCH3 is 1. The van der Waals surface area contributed by atoms with Crippen LogP contribution in [0.5, 0.6) is 5.75 Å². The van der Waals surface area contributed by atoms with Gasteiger partial charge in [-0.1, -0.05) is 19.9 Å². The molecule has 0 radical (unpaired) electrons. The van der Waals surface area contributed by atoms with Crippen LogP contribution in [0.2, 0.25) is 0 Å². The van der Waals surface area contributed by atoms with Crippen molar-refractivity contribution in [3.8, 4) is 5.75 Å². The van der Waals surface area contributed by atoms with Crippen molar-refractivity contribution >= 4 is 23.1 Å². The third-order valence-corrected chi connectivity index (χ3v) is 6.01. The lowest BCUT2D eigenvalue weighted by Crippen LogP contribution is -2.29. The normalized spacial score (nSPS) is 17.5. The highest BCUT2D eigenvalue weighted by atomic mass is 19.1. The minimum Gasteiger partial charge on any atom is -0.507 e. The van der Waals surface area contributed by atoms with Crippen molar-refractivity contribution in [2.75, 3.05) is 12.0 Å². The van der Waals surface area contributed by atoms with Crippen LogP contribution in [0.3, 0.4) is 0 Å². The number of nitrogens with zero attached hydrogens (tertiary/aromatic N) is 2. The Balaban J connectivity index is 1.98. The van der Waals surface area contributed by atoms with Gasteiger partial charge in [0.05, 0.1) is 18.7 Å². The number of carbonyl (C=O) groups excluding carboxylic acids is 2. The molecule has 1 aliphatic heterocycles. The molecule has 1 aromatic heterocycles. The van der Waals surface area contributed by atoms with Gasteiger partial charge >= 0.3 is 0 Å². The summed E-state index contributed by atoms with van der Waals surface area (Å²) in [5.41, 5.74) is 2.69. The summed E-state index contributed by atoms with van der Waals surface area (Å²) in [6.07, 6.45) is 3.08. The number of hydrogen-bond acceptors (Lipinski definition) is 5. The molecule has 3 aromatic rings. The van der Waals surface area contributed by atoms with E-state index in [2.05, 4.69) is 4.98 Å². The third kappa shape index (κ3) is 3.94. The number of carbonyl (C=O) groups is 2. The number of anilines is 1. The summed E-state index contributed by atoms with van der Waals surface area (Å²) >= 11 is 0. The minimum atomic E-state index is -0.950. The first-order valence-electron chi connectivity index (χ1n) is 10.9. The number of aryl methyl sites for hydroxylation is 1. The predicted molar refractivity (Wildman–Crippen MR) is 127 cm³/mol. The van der Waals surface area contributed by atoms with E-state index in [1.54, 1.807) is 44.4 Å². The number of ketones is 1. The third-order valence-electron chi connectivity index (χ3n) is 6.01. The molecule has 2 heterocycles. The van der Waals surface area contributed by atoms with Crippen LogP contribution < -0.4 is 9.64 Å². The number of Topliss-reactive ketones (excluding diaryl/α,β-unsaturated/α-hetero) is 1. The number of pyridine rings is 1. The molecular weight excluding hydrogens is 435 g/mol. The van der Waals surface area contributed by atoms with Crippen LogP contribution in [0.4, 0.5) is 10.1 Å². The number of halogens is 1. The number of aliphatic hydroxyl groups excluding tert-OH is 1. The number of hydrogen-bond donors (Lipinski definition) is 1. The summed E-state index contributed by atoms with van der Waals surface area (Å²) in [7, 11) is 1.58. The smallest absolute Gasteiger partial charge is 0.300 e. The van der Waals surface area contributed by atoms with E-state index in [0.29, 0.717) is 22.4 Å².